The molecule has 70 valence electrons. The fourth-order valence-electron chi connectivity index (χ4n) is 1.26. The van der Waals surface area contributed by atoms with E-state index in [4.69, 9.17) is 0 Å². The zero-order valence-electron chi connectivity index (χ0n) is 8.31. The summed E-state index contributed by atoms with van der Waals surface area (Å²) in [6.45, 7) is 7.90. The maximum Gasteiger partial charge on any atom is 0.139 e. The van der Waals surface area contributed by atoms with Gasteiger partial charge in [0.2, 0.25) is 0 Å². The Morgan fingerprint density at radius 1 is 1.42 bits per heavy atom. The van der Waals surface area contributed by atoms with Gasteiger partial charge >= 0.3 is 0 Å². The van der Waals surface area contributed by atoms with E-state index in [1.165, 1.54) is 0 Å². The lowest BCUT2D eigenvalue weighted by atomic mass is 9.95. The Kier molecular flexibility index (Phi) is 6.73. The van der Waals surface area contributed by atoms with Gasteiger partial charge in [0, 0.05) is 12.3 Å². The fourth-order valence-corrected chi connectivity index (χ4v) is 1.26. The van der Waals surface area contributed by atoms with Gasteiger partial charge in [-0.2, -0.15) is 0 Å². The van der Waals surface area contributed by atoms with E-state index < -0.39 is 0 Å². The van der Waals surface area contributed by atoms with E-state index in [0.29, 0.717) is 5.78 Å². The monoisotopic (exact) mass is 168 g/mol. The summed E-state index contributed by atoms with van der Waals surface area (Å²) in [6, 6.07) is 0. The van der Waals surface area contributed by atoms with Crippen molar-refractivity contribution in [3.8, 4) is 0 Å². The standard InChI is InChI=1S/C11H20O/c1-4-7-9-11(12)10(6-3)8-5-2/h6,10H,3-5,7-9H2,1-2H3. The van der Waals surface area contributed by atoms with Crippen LogP contribution in [0.15, 0.2) is 12.7 Å². The van der Waals surface area contributed by atoms with Gasteiger partial charge in [0.15, 0.2) is 0 Å². The van der Waals surface area contributed by atoms with E-state index >= 15 is 0 Å². The topological polar surface area (TPSA) is 17.1 Å². The second kappa shape index (κ2) is 7.08. The van der Waals surface area contributed by atoms with Crippen molar-refractivity contribution in [1.29, 1.82) is 0 Å². The summed E-state index contributed by atoms with van der Waals surface area (Å²) in [5, 5.41) is 0. The normalized spacial score (nSPS) is 12.5. The molecule has 0 aromatic carbocycles. The number of ketones is 1. The summed E-state index contributed by atoms with van der Waals surface area (Å²) < 4.78 is 0. The number of allylic oxidation sites excluding steroid dienone is 1. The lowest BCUT2D eigenvalue weighted by Crippen LogP contribution is -2.11. The molecule has 0 aromatic rings. The van der Waals surface area contributed by atoms with E-state index in [2.05, 4.69) is 20.4 Å². The molecule has 1 heteroatoms. The van der Waals surface area contributed by atoms with Gasteiger partial charge in [-0.1, -0.05) is 32.8 Å². The molecule has 0 aromatic heterocycles. The van der Waals surface area contributed by atoms with Gasteiger partial charge in [0.05, 0.1) is 0 Å². The van der Waals surface area contributed by atoms with Gasteiger partial charge in [0.25, 0.3) is 0 Å². The molecule has 0 spiro atoms. The van der Waals surface area contributed by atoms with Crippen molar-refractivity contribution in [2.24, 2.45) is 5.92 Å². The zero-order chi connectivity index (χ0) is 9.40. The van der Waals surface area contributed by atoms with Crippen LogP contribution in [0, 0.1) is 5.92 Å². The van der Waals surface area contributed by atoms with Gasteiger partial charge < -0.3 is 0 Å². The molecule has 0 N–H and O–H groups in total. The van der Waals surface area contributed by atoms with Crippen molar-refractivity contribution >= 4 is 5.78 Å². The van der Waals surface area contributed by atoms with Gasteiger partial charge in [-0.15, -0.1) is 6.58 Å². The van der Waals surface area contributed by atoms with Gasteiger partial charge in [0.1, 0.15) is 5.78 Å². The summed E-state index contributed by atoms with van der Waals surface area (Å²) in [4.78, 5) is 11.5. The Balaban J connectivity index is 3.77. The first-order valence-corrected chi connectivity index (χ1v) is 4.91. The third-order valence-corrected chi connectivity index (χ3v) is 2.07. The maximum absolute atomic E-state index is 11.5. The van der Waals surface area contributed by atoms with Crippen LogP contribution in [0.2, 0.25) is 0 Å². The summed E-state index contributed by atoms with van der Waals surface area (Å²) in [6.07, 6.45) is 6.67. The van der Waals surface area contributed by atoms with Crippen molar-refractivity contribution in [2.45, 2.75) is 46.0 Å². The molecule has 0 aliphatic rings. The number of carbonyl (C=O) groups is 1. The third-order valence-electron chi connectivity index (χ3n) is 2.07. The van der Waals surface area contributed by atoms with Crippen LogP contribution in [-0.2, 0) is 4.79 Å². The van der Waals surface area contributed by atoms with Crippen molar-refractivity contribution in [3.63, 3.8) is 0 Å². The number of hydrogen-bond donors (Lipinski definition) is 0. The lowest BCUT2D eigenvalue weighted by Gasteiger charge is -2.08. The SMILES string of the molecule is C=CC(CCC)C(=O)CCCC. The first-order valence-electron chi connectivity index (χ1n) is 4.91. The van der Waals surface area contributed by atoms with Crippen LogP contribution in [0.25, 0.3) is 0 Å². The first-order chi connectivity index (χ1) is 5.76. The molecule has 0 saturated heterocycles. The Bertz CT molecular complexity index is 138. The Hall–Kier alpha value is -0.590. The number of unbranched alkanes of at least 4 members (excludes halogenated alkanes) is 1. The Labute approximate surface area is 75.9 Å². The Morgan fingerprint density at radius 3 is 2.50 bits per heavy atom. The minimum absolute atomic E-state index is 0.113. The van der Waals surface area contributed by atoms with Crippen LogP contribution >= 0.6 is 0 Å². The van der Waals surface area contributed by atoms with Crippen LogP contribution in [0.3, 0.4) is 0 Å². The predicted molar refractivity (Wildman–Crippen MR) is 53.1 cm³/mol. The summed E-state index contributed by atoms with van der Waals surface area (Å²) in [7, 11) is 0. The van der Waals surface area contributed by atoms with E-state index in [-0.39, 0.29) is 5.92 Å². The van der Waals surface area contributed by atoms with Gasteiger partial charge in [-0.25, -0.2) is 0 Å². The smallest absolute Gasteiger partial charge is 0.139 e. The molecular formula is C11H20O. The van der Waals surface area contributed by atoms with Crippen LogP contribution in [-0.4, -0.2) is 5.78 Å². The average molecular weight is 168 g/mol. The fraction of sp³-hybridized carbons (Fsp3) is 0.727. The molecule has 0 saturated carbocycles. The van der Waals surface area contributed by atoms with Crippen molar-refractivity contribution < 1.29 is 4.79 Å². The quantitative estimate of drug-likeness (QED) is 0.533. The molecule has 0 amide bonds. The molecule has 0 aliphatic heterocycles. The third kappa shape index (κ3) is 4.32. The maximum atomic E-state index is 11.5. The van der Waals surface area contributed by atoms with Crippen LogP contribution in [0.5, 0.6) is 0 Å². The number of hydrogen-bond acceptors (Lipinski definition) is 1. The van der Waals surface area contributed by atoms with E-state index in [0.717, 1.165) is 32.1 Å². The molecule has 1 unspecified atom stereocenters. The largest absolute Gasteiger partial charge is 0.299 e. The van der Waals surface area contributed by atoms with Crippen molar-refractivity contribution in [3.05, 3.63) is 12.7 Å². The number of rotatable bonds is 7. The van der Waals surface area contributed by atoms with Gasteiger partial charge in [-0.3, -0.25) is 4.79 Å². The molecule has 0 radical (unpaired) electrons. The average Bonchev–Trinajstić information content (AvgIpc) is 2.10. The highest BCUT2D eigenvalue weighted by atomic mass is 16.1. The minimum atomic E-state index is 0.113. The summed E-state index contributed by atoms with van der Waals surface area (Å²) in [5.74, 6) is 0.482. The molecule has 12 heavy (non-hydrogen) atoms. The van der Waals surface area contributed by atoms with E-state index in [1.54, 1.807) is 6.08 Å². The molecule has 0 bridgehead atoms. The second-order valence-corrected chi connectivity index (χ2v) is 3.20. The summed E-state index contributed by atoms with van der Waals surface area (Å²) in [5.41, 5.74) is 0. The highest BCUT2D eigenvalue weighted by Gasteiger charge is 2.12. The van der Waals surface area contributed by atoms with Crippen molar-refractivity contribution in [1.82, 2.24) is 0 Å². The number of carbonyl (C=O) groups excluding carboxylic acids is 1. The van der Waals surface area contributed by atoms with Crippen LogP contribution < -0.4 is 0 Å². The molecule has 1 atom stereocenters. The molecule has 1 nitrogen and oxygen atoms in total. The predicted octanol–water partition coefficient (Wildman–Crippen LogP) is 3.35. The number of Topliss-reactive ketones (excluding diaryl/α,β-unsaturated/α-hetero) is 1. The molecule has 0 heterocycles. The van der Waals surface area contributed by atoms with E-state index in [1.807, 2.05) is 0 Å². The van der Waals surface area contributed by atoms with Crippen molar-refractivity contribution in [2.75, 3.05) is 0 Å². The minimum Gasteiger partial charge on any atom is -0.299 e. The van der Waals surface area contributed by atoms with Gasteiger partial charge in [-0.05, 0) is 12.8 Å². The zero-order valence-corrected chi connectivity index (χ0v) is 8.31. The van der Waals surface area contributed by atoms with E-state index in [9.17, 15) is 4.79 Å². The highest BCUT2D eigenvalue weighted by molar-refractivity contribution is 5.82. The molecule has 0 fully saturated rings. The second-order valence-electron chi connectivity index (χ2n) is 3.20. The lowest BCUT2D eigenvalue weighted by molar-refractivity contribution is -0.121. The summed E-state index contributed by atoms with van der Waals surface area (Å²) >= 11 is 0. The van der Waals surface area contributed by atoms with Crippen LogP contribution in [0.1, 0.15) is 46.0 Å². The highest BCUT2D eigenvalue weighted by Crippen LogP contribution is 2.12. The first kappa shape index (κ1) is 11.4. The molecular weight excluding hydrogens is 148 g/mol. The van der Waals surface area contributed by atoms with Crippen LogP contribution in [0.4, 0.5) is 0 Å². The molecule has 0 rings (SSSR count). The Morgan fingerprint density at radius 2 is 2.08 bits per heavy atom. The molecule has 0 aliphatic carbocycles.